The van der Waals surface area contributed by atoms with Crippen LogP contribution in [0.5, 0.6) is 11.5 Å². The first kappa shape index (κ1) is 14.5. The normalized spacial score (nSPS) is 10.5. The lowest BCUT2D eigenvalue weighted by atomic mass is 10.2. The zero-order valence-corrected chi connectivity index (χ0v) is 13.4. The van der Waals surface area contributed by atoms with E-state index in [1.807, 2.05) is 25.2 Å². The van der Waals surface area contributed by atoms with Crippen molar-refractivity contribution in [3.8, 4) is 11.5 Å². The van der Waals surface area contributed by atoms with Gasteiger partial charge in [-0.2, -0.15) is 0 Å². The van der Waals surface area contributed by atoms with Crippen LogP contribution in [0.1, 0.15) is 5.56 Å². The van der Waals surface area contributed by atoms with Crippen LogP contribution in [0.15, 0.2) is 45.3 Å². The van der Waals surface area contributed by atoms with Gasteiger partial charge >= 0.3 is 0 Å². The van der Waals surface area contributed by atoms with Gasteiger partial charge in [-0.25, -0.2) is 4.39 Å². The van der Waals surface area contributed by atoms with Crippen molar-refractivity contribution >= 4 is 31.9 Å². The number of halogens is 3. The highest BCUT2D eigenvalue weighted by molar-refractivity contribution is 9.10. The Kier molecular flexibility index (Phi) is 4.96. The molecule has 0 atom stereocenters. The molecule has 2 nitrogen and oxygen atoms in total. The maximum absolute atomic E-state index is 13.8. The highest BCUT2D eigenvalue weighted by Gasteiger charge is 2.09. The second-order valence-corrected chi connectivity index (χ2v) is 5.79. The van der Waals surface area contributed by atoms with Crippen LogP contribution in [0.4, 0.5) is 4.39 Å². The first-order valence-electron chi connectivity index (χ1n) is 5.66. The van der Waals surface area contributed by atoms with Gasteiger partial charge in [-0.05, 0) is 43.4 Å². The van der Waals surface area contributed by atoms with E-state index in [2.05, 4.69) is 37.2 Å². The summed E-state index contributed by atoms with van der Waals surface area (Å²) in [6, 6.07) is 10.4. The topological polar surface area (TPSA) is 21.3 Å². The Morgan fingerprint density at radius 2 is 1.68 bits per heavy atom. The summed E-state index contributed by atoms with van der Waals surface area (Å²) in [6.07, 6.45) is 0. The van der Waals surface area contributed by atoms with E-state index in [0.717, 1.165) is 10.0 Å². The molecule has 19 heavy (non-hydrogen) atoms. The Morgan fingerprint density at radius 1 is 1.05 bits per heavy atom. The Bertz CT molecular complexity index is 590. The van der Waals surface area contributed by atoms with E-state index < -0.39 is 5.82 Å². The monoisotopic (exact) mass is 387 g/mol. The number of hydrogen-bond donors (Lipinski definition) is 1. The largest absolute Gasteiger partial charge is 0.454 e. The molecule has 0 unspecified atom stereocenters. The first-order chi connectivity index (χ1) is 9.10. The van der Waals surface area contributed by atoms with Crippen LogP contribution < -0.4 is 10.1 Å². The van der Waals surface area contributed by atoms with Gasteiger partial charge in [0.15, 0.2) is 11.6 Å². The Balaban J connectivity index is 2.32. The molecule has 0 radical (unpaired) electrons. The summed E-state index contributed by atoms with van der Waals surface area (Å²) in [7, 11) is 1.85. The molecule has 0 aliphatic carbocycles. The Morgan fingerprint density at radius 3 is 2.32 bits per heavy atom. The molecule has 0 aromatic heterocycles. The van der Waals surface area contributed by atoms with Crippen molar-refractivity contribution in [3.05, 3.63) is 56.7 Å². The van der Waals surface area contributed by atoms with E-state index in [1.165, 1.54) is 6.07 Å². The predicted octanol–water partition coefficient (Wildman–Crippen LogP) is 4.86. The molecule has 0 aliphatic heterocycles. The van der Waals surface area contributed by atoms with E-state index in [9.17, 15) is 4.39 Å². The molecule has 2 aromatic rings. The summed E-state index contributed by atoms with van der Waals surface area (Å²) >= 11 is 6.63. The van der Waals surface area contributed by atoms with E-state index in [4.69, 9.17) is 4.74 Å². The van der Waals surface area contributed by atoms with Crippen molar-refractivity contribution in [2.45, 2.75) is 6.54 Å². The van der Waals surface area contributed by atoms with Crippen molar-refractivity contribution in [1.29, 1.82) is 0 Å². The fraction of sp³-hybridized carbons (Fsp3) is 0.143. The summed E-state index contributed by atoms with van der Waals surface area (Å²) in [5.74, 6) is 0.453. The Hall–Kier alpha value is -0.910. The Labute approximate surface area is 128 Å². The second kappa shape index (κ2) is 6.50. The predicted molar refractivity (Wildman–Crippen MR) is 81.1 cm³/mol. The average Bonchev–Trinajstić information content (AvgIpc) is 2.36. The smallest absolute Gasteiger partial charge is 0.166 e. The molecule has 0 fully saturated rings. The molecule has 1 N–H and O–H groups in total. The van der Waals surface area contributed by atoms with Gasteiger partial charge in [0.25, 0.3) is 0 Å². The maximum atomic E-state index is 13.8. The average molecular weight is 389 g/mol. The molecular formula is C14H12Br2FNO. The quantitative estimate of drug-likeness (QED) is 0.807. The van der Waals surface area contributed by atoms with Crippen LogP contribution in [0, 0.1) is 5.82 Å². The van der Waals surface area contributed by atoms with E-state index >= 15 is 0 Å². The summed E-state index contributed by atoms with van der Waals surface area (Å²) in [6.45, 7) is 0.646. The zero-order valence-electron chi connectivity index (χ0n) is 10.2. The van der Waals surface area contributed by atoms with Gasteiger partial charge in [0.05, 0.1) is 0 Å². The molecule has 0 bridgehead atoms. The van der Waals surface area contributed by atoms with Crippen LogP contribution in [0.2, 0.25) is 0 Å². The van der Waals surface area contributed by atoms with Crippen molar-refractivity contribution in [1.82, 2.24) is 5.32 Å². The minimum absolute atomic E-state index is 0.211. The number of nitrogens with one attached hydrogen (secondary N) is 1. The molecule has 0 spiro atoms. The molecule has 5 heteroatoms. The molecule has 0 heterocycles. The minimum atomic E-state index is -0.396. The standard InChI is InChI=1S/C14H12Br2FNO/c1-18-8-9-6-10(15)2-4-13(9)19-14-5-3-11(16)7-12(14)17/h2-7,18H,8H2,1H3. The number of hydrogen-bond acceptors (Lipinski definition) is 2. The van der Waals surface area contributed by atoms with Crippen molar-refractivity contribution in [2.75, 3.05) is 7.05 Å². The van der Waals surface area contributed by atoms with E-state index in [-0.39, 0.29) is 5.75 Å². The van der Waals surface area contributed by atoms with Crippen LogP contribution >= 0.6 is 31.9 Å². The lowest BCUT2D eigenvalue weighted by Gasteiger charge is -2.12. The molecule has 0 saturated heterocycles. The van der Waals surface area contributed by atoms with Crippen molar-refractivity contribution in [3.63, 3.8) is 0 Å². The number of rotatable bonds is 4. The van der Waals surface area contributed by atoms with E-state index in [0.29, 0.717) is 16.8 Å². The van der Waals surface area contributed by atoms with Gasteiger partial charge < -0.3 is 10.1 Å². The van der Waals surface area contributed by atoms with Gasteiger partial charge in [-0.3, -0.25) is 0 Å². The molecule has 0 aliphatic rings. The molecule has 0 amide bonds. The van der Waals surface area contributed by atoms with Gasteiger partial charge in [0.1, 0.15) is 5.75 Å². The van der Waals surface area contributed by atoms with Crippen LogP contribution in [-0.2, 0) is 6.54 Å². The maximum Gasteiger partial charge on any atom is 0.166 e. The zero-order chi connectivity index (χ0) is 13.8. The van der Waals surface area contributed by atoms with Crippen LogP contribution in [-0.4, -0.2) is 7.05 Å². The van der Waals surface area contributed by atoms with Gasteiger partial charge in [0, 0.05) is 21.1 Å². The van der Waals surface area contributed by atoms with Gasteiger partial charge in [-0.15, -0.1) is 0 Å². The second-order valence-electron chi connectivity index (χ2n) is 3.96. The summed E-state index contributed by atoms with van der Waals surface area (Å²) in [5, 5.41) is 3.06. The highest BCUT2D eigenvalue weighted by atomic mass is 79.9. The molecule has 0 saturated carbocycles. The fourth-order valence-electron chi connectivity index (χ4n) is 1.65. The summed E-state index contributed by atoms with van der Waals surface area (Å²) in [5.41, 5.74) is 0.958. The van der Waals surface area contributed by atoms with Crippen LogP contribution in [0.3, 0.4) is 0 Å². The summed E-state index contributed by atoms with van der Waals surface area (Å²) < 4.78 is 21.0. The van der Waals surface area contributed by atoms with E-state index in [1.54, 1.807) is 12.1 Å². The third kappa shape index (κ3) is 3.78. The van der Waals surface area contributed by atoms with Crippen molar-refractivity contribution < 1.29 is 9.13 Å². The lowest BCUT2D eigenvalue weighted by Crippen LogP contribution is -2.06. The summed E-state index contributed by atoms with van der Waals surface area (Å²) in [4.78, 5) is 0. The lowest BCUT2D eigenvalue weighted by molar-refractivity contribution is 0.436. The van der Waals surface area contributed by atoms with Crippen molar-refractivity contribution in [2.24, 2.45) is 0 Å². The molecule has 2 rings (SSSR count). The molecule has 100 valence electrons. The highest BCUT2D eigenvalue weighted by Crippen LogP contribution is 2.30. The fourth-order valence-corrected chi connectivity index (χ4v) is 2.39. The van der Waals surface area contributed by atoms with Crippen LogP contribution in [0.25, 0.3) is 0 Å². The third-order valence-corrected chi connectivity index (χ3v) is 3.49. The minimum Gasteiger partial charge on any atom is -0.454 e. The molecular weight excluding hydrogens is 377 g/mol. The number of ether oxygens (including phenoxy) is 1. The number of benzene rings is 2. The SMILES string of the molecule is CNCc1cc(Br)ccc1Oc1ccc(Br)cc1F. The third-order valence-electron chi connectivity index (χ3n) is 2.50. The van der Waals surface area contributed by atoms with Gasteiger partial charge in [0.2, 0.25) is 0 Å². The van der Waals surface area contributed by atoms with Gasteiger partial charge in [-0.1, -0.05) is 31.9 Å². The molecule has 2 aromatic carbocycles. The first-order valence-corrected chi connectivity index (χ1v) is 7.24.